The number of aliphatic hydroxyl groups excluding tert-OH is 1. The largest absolute Gasteiger partial charge is 0.446 e. The molecule has 0 amide bonds. The van der Waals surface area contributed by atoms with E-state index in [1.807, 2.05) is 6.92 Å². The molecule has 198 valence electrons. The molecule has 0 radical (unpaired) electrons. The number of aromatic nitrogens is 2. The number of aryl methyl sites for hydroxylation is 3. The van der Waals surface area contributed by atoms with Crippen LogP contribution in [0.25, 0.3) is 0 Å². The van der Waals surface area contributed by atoms with Crippen LogP contribution < -0.4 is 20.9 Å². The fraction of sp³-hybridized carbons (Fsp3) is 0.346. The zero-order valence-electron chi connectivity index (χ0n) is 21.2. The van der Waals surface area contributed by atoms with Crippen LogP contribution in [0.5, 0.6) is 11.5 Å². The van der Waals surface area contributed by atoms with Crippen LogP contribution in [0.1, 0.15) is 34.8 Å². The van der Waals surface area contributed by atoms with E-state index in [0.717, 1.165) is 5.69 Å². The van der Waals surface area contributed by atoms with E-state index in [9.17, 15) is 19.5 Å². The zero-order chi connectivity index (χ0) is 27.8. The minimum Gasteiger partial charge on any atom is -0.446 e. The van der Waals surface area contributed by atoms with Gasteiger partial charge in [0.05, 0.1) is 30.2 Å². The minimum atomic E-state index is -1.61. The Hall–Kier alpha value is -3.93. The quantitative estimate of drug-likeness (QED) is 0.212. The van der Waals surface area contributed by atoms with Crippen molar-refractivity contribution >= 4 is 17.9 Å². The van der Waals surface area contributed by atoms with Crippen molar-refractivity contribution < 1.29 is 33.7 Å². The van der Waals surface area contributed by atoms with Gasteiger partial charge in [-0.25, -0.2) is 9.78 Å². The molecule has 37 heavy (non-hydrogen) atoms. The predicted molar refractivity (Wildman–Crippen MR) is 135 cm³/mol. The molecule has 0 bridgehead atoms. The van der Waals surface area contributed by atoms with Crippen LogP contribution in [0, 0.1) is 20.8 Å². The molecule has 0 fully saturated rings. The van der Waals surface area contributed by atoms with Crippen molar-refractivity contribution in [1.82, 2.24) is 9.97 Å². The molecule has 2 rings (SSSR count). The van der Waals surface area contributed by atoms with E-state index in [1.54, 1.807) is 19.9 Å². The second-order valence-electron chi connectivity index (χ2n) is 8.19. The zero-order valence-corrected chi connectivity index (χ0v) is 21.2. The summed E-state index contributed by atoms with van der Waals surface area (Å²) in [7, 11) is 0. The first kappa shape index (κ1) is 29.3. The Kier molecular flexibility index (Phi) is 10.2. The number of esters is 3. The SMILES string of the molecule is C=CCC(C=C)(OC(=O)[C@H](O)Cc1ccc(OC(=O)CN)c(OC(=O)CN)c1)c1nc(C)c(C)nc1C. The number of nitrogens with zero attached hydrogens (tertiary/aromatic N) is 2. The van der Waals surface area contributed by atoms with Crippen LogP contribution in [0.15, 0.2) is 43.5 Å². The van der Waals surface area contributed by atoms with Gasteiger partial charge >= 0.3 is 17.9 Å². The van der Waals surface area contributed by atoms with Gasteiger partial charge in [0, 0.05) is 12.8 Å². The number of hydrogen-bond donors (Lipinski definition) is 3. The van der Waals surface area contributed by atoms with Gasteiger partial charge in [-0.15, -0.1) is 6.58 Å². The molecule has 1 heterocycles. The van der Waals surface area contributed by atoms with Gasteiger partial charge in [0.25, 0.3) is 0 Å². The molecule has 1 aromatic heterocycles. The molecular weight excluding hydrogens is 480 g/mol. The Balaban J connectivity index is 2.33. The Morgan fingerprint density at radius 2 is 1.59 bits per heavy atom. The second-order valence-corrected chi connectivity index (χ2v) is 8.19. The normalized spacial score (nSPS) is 13.1. The molecular formula is C26H32N4O7. The van der Waals surface area contributed by atoms with Crippen LogP contribution in [0.3, 0.4) is 0 Å². The van der Waals surface area contributed by atoms with E-state index in [0.29, 0.717) is 22.6 Å². The van der Waals surface area contributed by atoms with Gasteiger partial charge in [0.2, 0.25) is 0 Å². The standard InChI is InChI=1S/C26H32N4O7/c1-6-10-26(7-2,24-17(5)29-15(3)16(4)30-24)37-25(34)19(31)11-18-8-9-20(35-22(32)13-27)21(12-18)36-23(33)14-28/h6-9,12,19,31H,1-2,10-11,13-14,27-28H2,3-5H3/t19-,26?/m1/s1. The number of hydrogen-bond acceptors (Lipinski definition) is 11. The molecule has 5 N–H and O–H groups in total. The molecule has 11 nitrogen and oxygen atoms in total. The maximum atomic E-state index is 13.0. The van der Waals surface area contributed by atoms with Crippen molar-refractivity contribution in [3.05, 3.63) is 71.8 Å². The Morgan fingerprint density at radius 1 is 1.00 bits per heavy atom. The smallest absolute Gasteiger partial charge is 0.336 e. The van der Waals surface area contributed by atoms with Crippen molar-refractivity contribution in [1.29, 1.82) is 0 Å². The van der Waals surface area contributed by atoms with E-state index >= 15 is 0 Å². The fourth-order valence-electron chi connectivity index (χ4n) is 3.46. The topological polar surface area (TPSA) is 177 Å². The maximum Gasteiger partial charge on any atom is 0.336 e. The van der Waals surface area contributed by atoms with E-state index in [-0.39, 0.29) is 24.3 Å². The minimum absolute atomic E-state index is 0.0708. The Labute approximate surface area is 215 Å². The van der Waals surface area contributed by atoms with Gasteiger partial charge in [-0.1, -0.05) is 18.7 Å². The van der Waals surface area contributed by atoms with E-state index in [2.05, 4.69) is 23.1 Å². The monoisotopic (exact) mass is 512 g/mol. The highest BCUT2D eigenvalue weighted by Gasteiger charge is 2.38. The first-order chi connectivity index (χ1) is 17.5. The predicted octanol–water partition coefficient (Wildman–Crippen LogP) is 1.23. The van der Waals surface area contributed by atoms with E-state index < -0.39 is 42.7 Å². The van der Waals surface area contributed by atoms with Gasteiger partial charge in [-0.05, 0) is 44.5 Å². The first-order valence-corrected chi connectivity index (χ1v) is 11.4. The number of rotatable bonds is 12. The molecule has 0 saturated heterocycles. The number of nitrogens with two attached hydrogens (primary N) is 2. The third kappa shape index (κ3) is 7.29. The lowest BCUT2D eigenvalue weighted by Crippen LogP contribution is -2.37. The summed E-state index contributed by atoms with van der Waals surface area (Å²) in [5.41, 5.74) is 11.9. The second kappa shape index (κ2) is 12.9. The van der Waals surface area contributed by atoms with Crippen LogP contribution >= 0.6 is 0 Å². The van der Waals surface area contributed by atoms with Crippen molar-refractivity contribution in [2.24, 2.45) is 11.5 Å². The van der Waals surface area contributed by atoms with Crippen molar-refractivity contribution in [3.8, 4) is 11.5 Å². The van der Waals surface area contributed by atoms with Gasteiger partial charge < -0.3 is 30.8 Å². The van der Waals surface area contributed by atoms with E-state index in [1.165, 1.54) is 24.3 Å². The van der Waals surface area contributed by atoms with Crippen LogP contribution in [-0.2, 0) is 31.1 Å². The maximum absolute atomic E-state index is 13.0. The molecule has 2 aromatic rings. The molecule has 2 atom stereocenters. The Bertz CT molecular complexity index is 1200. The van der Waals surface area contributed by atoms with Gasteiger partial charge in [-0.2, -0.15) is 0 Å². The number of benzene rings is 1. The number of aliphatic hydroxyl groups is 1. The molecule has 0 aliphatic rings. The molecule has 1 unspecified atom stereocenters. The Morgan fingerprint density at radius 3 is 2.16 bits per heavy atom. The number of ether oxygens (including phenoxy) is 3. The van der Waals surface area contributed by atoms with Crippen molar-refractivity contribution in [2.45, 2.75) is 45.3 Å². The van der Waals surface area contributed by atoms with E-state index in [4.69, 9.17) is 25.7 Å². The van der Waals surface area contributed by atoms with Crippen LogP contribution in [0.4, 0.5) is 0 Å². The summed E-state index contributed by atoms with van der Waals surface area (Å²) in [6, 6.07) is 4.17. The van der Waals surface area contributed by atoms with Gasteiger partial charge in [-0.3, -0.25) is 14.6 Å². The summed E-state index contributed by atoms with van der Waals surface area (Å²) >= 11 is 0. The van der Waals surface area contributed by atoms with Crippen LogP contribution in [-0.4, -0.2) is 52.2 Å². The van der Waals surface area contributed by atoms with Gasteiger partial charge in [0.1, 0.15) is 5.69 Å². The average Bonchev–Trinajstić information content (AvgIpc) is 2.87. The summed E-state index contributed by atoms with van der Waals surface area (Å²) < 4.78 is 15.9. The van der Waals surface area contributed by atoms with Crippen LogP contribution in [0.2, 0.25) is 0 Å². The summed E-state index contributed by atoms with van der Waals surface area (Å²) in [5, 5.41) is 10.7. The molecule has 1 aromatic carbocycles. The highest BCUT2D eigenvalue weighted by Crippen LogP contribution is 2.34. The molecule has 0 spiro atoms. The number of carbonyl (C=O) groups is 3. The van der Waals surface area contributed by atoms with Crippen molar-refractivity contribution in [3.63, 3.8) is 0 Å². The van der Waals surface area contributed by atoms with Crippen molar-refractivity contribution in [2.75, 3.05) is 13.1 Å². The third-order valence-corrected chi connectivity index (χ3v) is 5.43. The lowest BCUT2D eigenvalue weighted by molar-refractivity contribution is -0.166. The number of carbonyl (C=O) groups excluding carboxylic acids is 3. The third-order valence-electron chi connectivity index (χ3n) is 5.43. The average molecular weight is 513 g/mol. The summed E-state index contributed by atoms with van der Waals surface area (Å²) in [4.78, 5) is 45.4. The highest BCUT2D eigenvalue weighted by atomic mass is 16.6. The summed E-state index contributed by atoms with van der Waals surface area (Å²) in [6.45, 7) is 12.1. The van der Waals surface area contributed by atoms with Gasteiger partial charge in [0.15, 0.2) is 23.2 Å². The summed E-state index contributed by atoms with van der Waals surface area (Å²) in [5.74, 6) is -2.68. The molecule has 0 saturated carbocycles. The fourth-order valence-corrected chi connectivity index (χ4v) is 3.46. The first-order valence-electron chi connectivity index (χ1n) is 11.4. The molecule has 0 aliphatic heterocycles. The lowest BCUT2D eigenvalue weighted by atomic mass is 9.92. The molecule has 11 heteroatoms. The highest BCUT2D eigenvalue weighted by molar-refractivity contribution is 5.78. The lowest BCUT2D eigenvalue weighted by Gasteiger charge is -2.31. The summed E-state index contributed by atoms with van der Waals surface area (Å²) in [6.07, 6.45) is 1.30. The molecule has 0 aliphatic carbocycles.